The molecule has 0 radical (unpaired) electrons. The molecule has 0 unspecified atom stereocenters. The van der Waals surface area contributed by atoms with Gasteiger partial charge in [0.15, 0.2) is 11.6 Å². The number of hydrogen-bond acceptors (Lipinski definition) is 4. The van der Waals surface area contributed by atoms with Crippen molar-refractivity contribution in [1.29, 1.82) is 0 Å². The Hall–Kier alpha value is -2.73. The van der Waals surface area contributed by atoms with Crippen LogP contribution in [0.1, 0.15) is 29.5 Å². The van der Waals surface area contributed by atoms with Gasteiger partial charge in [0.05, 0.1) is 6.42 Å². The Labute approximate surface area is 157 Å². The average molecular weight is 367 g/mol. The molecule has 2 aromatic carbocycles. The van der Waals surface area contributed by atoms with Crippen molar-refractivity contribution in [3.8, 4) is 0 Å². The minimum absolute atomic E-state index is 0.00384. The van der Waals surface area contributed by atoms with Crippen LogP contribution in [0.25, 0.3) is 0 Å². The van der Waals surface area contributed by atoms with Crippen molar-refractivity contribution in [3.63, 3.8) is 0 Å². The molecule has 0 aromatic heterocycles. The molecule has 140 valence electrons. The van der Waals surface area contributed by atoms with Crippen molar-refractivity contribution < 1.29 is 14.0 Å². The Morgan fingerprint density at radius 1 is 1.22 bits per heavy atom. The van der Waals surface area contributed by atoms with Gasteiger partial charge in [-0.25, -0.2) is 19.7 Å². The van der Waals surface area contributed by atoms with Gasteiger partial charge >= 0.3 is 0 Å². The van der Waals surface area contributed by atoms with E-state index in [1.165, 1.54) is 17.7 Å². The third-order valence-corrected chi connectivity index (χ3v) is 5.12. The highest BCUT2D eigenvalue weighted by Crippen LogP contribution is 2.31. The number of piperidine rings is 1. The van der Waals surface area contributed by atoms with Gasteiger partial charge in [-0.3, -0.25) is 4.79 Å². The standard InChI is InChI=1S/C21H22FN3O2/c1-15-5-7-17(8-6-15)20-23-21(27-24-20)9-11-25(12-10-21)19(26)14-16-3-2-4-18(22)13-16/h2-8,13H,9-12,14H2,1H3,(H,23,24). The second-order valence-corrected chi connectivity index (χ2v) is 7.16. The zero-order chi connectivity index (χ0) is 18.9. The van der Waals surface area contributed by atoms with Gasteiger partial charge in [-0.05, 0) is 24.6 Å². The van der Waals surface area contributed by atoms with E-state index in [2.05, 4.69) is 5.48 Å². The summed E-state index contributed by atoms with van der Waals surface area (Å²) in [5.74, 6) is 0.417. The lowest BCUT2D eigenvalue weighted by atomic mass is 10.00. The SMILES string of the molecule is Cc1ccc(C2=NC3(CCN(C(=O)Cc4cccc(F)c4)CC3)ON2)cc1. The van der Waals surface area contributed by atoms with Crippen molar-refractivity contribution in [2.24, 2.45) is 4.99 Å². The number of amidine groups is 1. The van der Waals surface area contributed by atoms with Crippen molar-refractivity contribution in [3.05, 3.63) is 71.0 Å². The van der Waals surface area contributed by atoms with Gasteiger partial charge in [-0.15, -0.1) is 0 Å². The maximum Gasteiger partial charge on any atom is 0.226 e. The molecule has 0 bridgehead atoms. The molecule has 0 aliphatic carbocycles. The number of halogens is 1. The lowest BCUT2D eigenvalue weighted by Crippen LogP contribution is -2.47. The van der Waals surface area contributed by atoms with Crippen LogP contribution in [-0.4, -0.2) is 35.5 Å². The van der Waals surface area contributed by atoms with Crippen molar-refractivity contribution in [2.75, 3.05) is 13.1 Å². The molecule has 27 heavy (non-hydrogen) atoms. The van der Waals surface area contributed by atoms with Gasteiger partial charge in [0.1, 0.15) is 5.82 Å². The molecule has 1 spiro atoms. The van der Waals surface area contributed by atoms with Crippen LogP contribution in [0.3, 0.4) is 0 Å². The van der Waals surface area contributed by atoms with E-state index in [0.717, 1.165) is 11.4 Å². The molecule has 2 aromatic rings. The normalized spacial score (nSPS) is 18.3. The van der Waals surface area contributed by atoms with Crippen LogP contribution < -0.4 is 5.48 Å². The Bertz CT molecular complexity index is 871. The predicted octanol–water partition coefficient (Wildman–Crippen LogP) is 2.98. The summed E-state index contributed by atoms with van der Waals surface area (Å²) in [6.45, 7) is 3.18. The van der Waals surface area contributed by atoms with E-state index in [1.807, 2.05) is 31.2 Å². The maximum absolute atomic E-state index is 13.3. The number of amides is 1. The summed E-state index contributed by atoms with van der Waals surface area (Å²) in [5, 5.41) is 0. The average Bonchev–Trinajstić information content (AvgIpc) is 3.06. The summed E-state index contributed by atoms with van der Waals surface area (Å²) in [6.07, 6.45) is 1.47. The van der Waals surface area contributed by atoms with Crippen LogP contribution in [0.2, 0.25) is 0 Å². The quantitative estimate of drug-likeness (QED) is 0.907. The molecule has 2 aliphatic rings. The molecule has 1 amide bonds. The van der Waals surface area contributed by atoms with Gasteiger partial charge in [0, 0.05) is 31.5 Å². The maximum atomic E-state index is 13.3. The van der Waals surface area contributed by atoms with Gasteiger partial charge in [-0.2, -0.15) is 0 Å². The summed E-state index contributed by atoms with van der Waals surface area (Å²) in [4.78, 5) is 24.9. The predicted molar refractivity (Wildman–Crippen MR) is 101 cm³/mol. The Morgan fingerprint density at radius 3 is 2.67 bits per heavy atom. The van der Waals surface area contributed by atoms with Gasteiger partial charge in [0.2, 0.25) is 5.91 Å². The largest absolute Gasteiger partial charge is 0.342 e. The molecule has 2 heterocycles. The summed E-state index contributed by atoms with van der Waals surface area (Å²) in [7, 11) is 0. The minimum atomic E-state index is -0.615. The first-order chi connectivity index (χ1) is 13.0. The zero-order valence-electron chi connectivity index (χ0n) is 15.2. The van der Waals surface area contributed by atoms with Gasteiger partial charge < -0.3 is 4.90 Å². The summed E-state index contributed by atoms with van der Waals surface area (Å²) >= 11 is 0. The van der Waals surface area contributed by atoms with Crippen molar-refractivity contribution in [2.45, 2.75) is 31.9 Å². The van der Waals surface area contributed by atoms with E-state index in [4.69, 9.17) is 9.83 Å². The van der Waals surface area contributed by atoms with Crippen LogP contribution >= 0.6 is 0 Å². The molecule has 6 heteroatoms. The van der Waals surface area contributed by atoms with Crippen LogP contribution in [0.4, 0.5) is 4.39 Å². The second-order valence-electron chi connectivity index (χ2n) is 7.16. The van der Waals surface area contributed by atoms with E-state index >= 15 is 0 Å². The summed E-state index contributed by atoms with van der Waals surface area (Å²) in [5.41, 5.74) is 5.21. The smallest absolute Gasteiger partial charge is 0.226 e. The van der Waals surface area contributed by atoms with Gasteiger partial charge in [0.25, 0.3) is 0 Å². The first-order valence-electron chi connectivity index (χ1n) is 9.16. The summed E-state index contributed by atoms with van der Waals surface area (Å²) < 4.78 is 13.3. The molecule has 4 rings (SSSR count). The number of hydrogen-bond donors (Lipinski definition) is 1. The highest BCUT2D eigenvalue weighted by Gasteiger charge is 2.41. The highest BCUT2D eigenvalue weighted by atomic mass is 19.1. The third kappa shape index (κ3) is 3.85. The van der Waals surface area contributed by atoms with Crippen molar-refractivity contribution in [1.82, 2.24) is 10.4 Å². The fraction of sp³-hybridized carbons (Fsp3) is 0.333. The molecule has 1 fully saturated rings. The number of aryl methyl sites for hydroxylation is 1. The molecule has 1 saturated heterocycles. The molecule has 0 atom stereocenters. The number of aliphatic imine (C=N–C) groups is 1. The van der Waals surface area contributed by atoms with Crippen LogP contribution in [-0.2, 0) is 16.1 Å². The molecular weight excluding hydrogens is 345 g/mol. The van der Waals surface area contributed by atoms with E-state index in [-0.39, 0.29) is 18.1 Å². The molecule has 0 saturated carbocycles. The fourth-order valence-electron chi connectivity index (χ4n) is 3.48. The fourth-order valence-corrected chi connectivity index (χ4v) is 3.48. The minimum Gasteiger partial charge on any atom is -0.342 e. The number of rotatable bonds is 3. The lowest BCUT2D eigenvalue weighted by molar-refractivity contribution is -0.138. The molecule has 1 N–H and O–H groups in total. The number of carbonyl (C=O) groups is 1. The topological polar surface area (TPSA) is 53.9 Å². The lowest BCUT2D eigenvalue weighted by Gasteiger charge is -2.35. The number of benzene rings is 2. The number of hydroxylamine groups is 1. The van der Waals surface area contributed by atoms with Crippen LogP contribution in [0.15, 0.2) is 53.5 Å². The highest BCUT2D eigenvalue weighted by molar-refractivity contribution is 5.99. The number of nitrogens with one attached hydrogen (secondary N) is 1. The molecular formula is C21H22FN3O2. The van der Waals surface area contributed by atoms with Crippen LogP contribution in [0.5, 0.6) is 0 Å². The number of carbonyl (C=O) groups excluding carboxylic acids is 1. The van der Waals surface area contributed by atoms with E-state index in [1.54, 1.807) is 17.0 Å². The molecule has 2 aliphatic heterocycles. The van der Waals surface area contributed by atoms with Crippen molar-refractivity contribution >= 4 is 11.7 Å². The Kier molecular flexibility index (Phi) is 4.66. The van der Waals surface area contributed by atoms with E-state index in [9.17, 15) is 9.18 Å². The Balaban J connectivity index is 1.38. The van der Waals surface area contributed by atoms with E-state index in [0.29, 0.717) is 31.5 Å². The monoisotopic (exact) mass is 367 g/mol. The zero-order valence-corrected chi connectivity index (χ0v) is 15.2. The molecule has 5 nitrogen and oxygen atoms in total. The summed E-state index contributed by atoms with van der Waals surface area (Å²) in [6, 6.07) is 14.3. The number of nitrogens with zero attached hydrogens (tertiary/aromatic N) is 2. The van der Waals surface area contributed by atoms with Crippen LogP contribution in [0, 0.1) is 12.7 Å². The first kappa shape index (κ1) is 17.7. The third-order valence-electron chi connectivity index (χ3n) is 5.12. The second kappa shape index (κ2) is 7.12. The van der Waals surface area contributed by atoms with Gasteiger partial charge in [-0.1, -0.05) is 42.0 Å². The Morgan fingerprint density at radius 2 is 1.96 bits per heavy atom. The number of likely N-dealkylation sites (tertiary alicyclic amines) is 1. The van der Waals surface area contributed by atoms with E-state index < -0.39 is 5.72 Å². The first-order valence-corrected chi connectivity index (χ1v) is 9.16.